The number of halogens is 1. The largest absolute Gasteiger partial charge is 0.492 e. The van der Waals surface area contributed by atoms with E-state index in [1.165, 1.54) is 16.7 Å². The van der Waals surface area contributed by atoms with Crippen LogP contribution in [0.3, 0.4) is 0 Å². The molecule has 5 rings (SSSR count). The van der Waals surface area contributed by atoms with E-state index in [0.717, 1.165) is 18.8 Å². The number of carbonyl (C=O) groups is 1. The van der Waals surface area contributed by atoms with E-state index in [1.54, 1.807) is 25.4 Å². The fourth-order valence-corrected chi connectivity index (χ4v) is 4.48. The van der Waals surface area contributed by atoms with Crippen molar-refractivity contribution in [1.82, 2.24) is 24.7 Å². The quantitative estimate of drug-likeness (QED) is 0.441. The number of amides is 1. The Kier molecular flexibility index (Phi) is 5.09. The van der Waals surface area contributed by atoms with Crippen LogP contribution >= 0.6 is 0 Å². The minimum Gasteiger partial charge on any atom is -0.492 e. The molecular weight excluding hydrogens is 425 g/mol. The Morgan fingerprint density at radius 1 is 1.18 bits per heavy atom. The highest BCUT2D eigenvalue weighted by Crippen LogP contribution is 2.30. The standard InChI is InChI=1S/C23H24FN7O2/c1-12-8-30(9-13(2)26-12)18-5-4-16(20-21(18)25-7-19(32)29-20)23(33)28-15-6-17(24)22-27-14(3)10-31(22)11-15/h4-7,10-13,26H,8-9H2,1-3H3,(H,28,33)(H,29,32)/t12-,13-/m1/s1. The molecule has 1 saturated heterocycles. The van der Waals surface area contributed by atoms with Crippen LogP contribution < -0.4 is 15.5 Å². The van der Waals surface area contributed by atoms with E-state index in [2.05, 4.69) is 44.3 Å². The van der Waals surface area contributed by atoms with Gasteiger partial charge in [0.1, 0.15) is 11.0 Å². The van der Waals surface area contributed by atoms with Crippen molar-refractivity contribution in [3.63, 3.8) is 0 Å². The zero-order chi connectivity index (χ0) is 23.3. The number of hydrogen-bond acceptors (Lipinski definition) is 7. The summed E-state index contributed by atoms with van der Waals surface area (Å²) in [4.78, 5) is 28.1. The van der Waals surface area contributed by atoms with E-state index >= 15 is 0 Å². The number of benzene rings is 1. The Bertz CT molecular complexity index is 1380. The van der Waals surface area contributed by atoms with Gasteiger partial charge in [-0.1, -0.05) is 0 Å². The lowest BCUT2D eigenvalue weighted by molar-refractivity contribution is 0.102. The third-order valence-corrected chi connectivity index (χ3v) is 5.69. The lowest BCUT2D eigenvalue weighted by Crippen LogP contribution is -2.54. The molecule has 4 aromatic rings. The summed E-state index contributed by atoms with van der Waals surface area (Å²) in [6.45, 7) is 7.54. The van der Waals surface area contributed by atoms with Crippen molar-refractivity contribution in [3.05, 3.63) is 53.9 Å². The molecule has 0 radical (unpaired) electrons. The summed E-state index contributed by atoms with van der Waals surface area (Å²) in [6.07, 6.45) is 4.55. The molecule has 0 aliphatic carbocycles. The molecule has 0 bridgehead atoms. The van der Waals surface area contributed by atoms with Crippen LogP contribution in [-0.2, 0) is 0 Å². The van der Waals surface area contributed by atoms with Crippen molar-refractivity contribution in [3.8, 4) is 5.88 Å². The van der Waals surface area contributed by atoms with Crippen LogP contribution in [0.15, 0.2) is 36.8 Å². The lowest BCUT2D eigenvalue weighted by atomic mass is 10.1. The molecule has 1 fully saturated rings. The molecule has 1 aromatic carbocycles. The highest BCUT2D eigenvalue weighted by Gasteiger charge is 2.25. The highest BCUT2D eigenvalue weighted by molar-refractivity contribution is 6.13. The van der Waals surface area contributed by atoms with Gasteiger partial charge in [0.15, 0.2) is 11.5 Å². The third kappa shape index (κ3) is 3.93. The molecule has 33 heavy (non-hydrogen) atoms. The van der Waals surface area contributed by atoms with Crippen LogP contribution in [0, 0.1) is 12.7 Å². The molecular formula is C23H24FN7O2. The zero-order valence-corrected chi connectivity index (χ0v) is 18.5. The first kappa shape index (κ1) is 21.1. The van der Waals surface area contributed by atoms with E-state index in [0.29, 0.717) is 11.2 Å². The number of anilines is 2. The van der Waals surface area contributed by atoms with Gasteiger partial charge in [0, 0.05) is 43.6 Å². The van der Waals surface area contributed by atoms with Crippen LogP contribution in [0.25, 0.3) is 16.7 Å². The average Bonchev–Trinajstić information content (AvgIpc) is 3.12. The fraction of sp³-hybridized carbons (Fsp3) is 0.304. The minimum absolute atomic E-state index is 0.190. The van der Waals surface area contributed by atoms with Gasteiger partial charge in [0.2, 0.25) is 5.88 Å². The molecule has 2 atom stereocenters. The predicted molar refractivity (Wildman–Crippen MR) is 123 cm³/mol. The number of carbonyl (C=O) groups excluding carboxylic acids is 1. The number of aryl methyl sites for hydroxylation is 1. The summed E-state index contributed by atoms with van der Waals surface area (Å²) in [5.74, 6) is -1.30. The Morgan fingerprint density at radius 3 is 2.70 bits per heavy atom. The second-order valence-corrected chi connectivity index (χ2v) is 8.58. The number of aromatic nitrogens is 4. The summed E-state index contributed by atoms with van der Waals surface area (Å²) in [6, 6.07) is 5.30. The van der Waals surface area contributed by atoms with Crippen LogP contribution in [0.2, 0.25) is 0 Å². The van der Waals surface area contributed by atoms with Gasteiger partial charge in [0.05, 0.1) is 28.8 Å². The molecule has 0 unspecified atom stereocenters. The van der Waals surface area contributed by atoms with Gasteiger partial charge < -0.3 is 25.0 Å². The van der Waals surface area contributed by atoms with Crippen molar-refractivity contribution < 1.29 is 14.3 Å². The van der Waals surface area contributed by atoms with Crippen molar-refractivity contribution in [2.75, 3.05) is 23.3 Å². The van der Waals surface area contributed by atoms with Crippen molar-refractivity contribution in [2.45, 2.75) is 32.9 Å². The Balaban J connectivity index is 1.53. The second kappa shape index (κ2) is 7.96. The molecule has 0 saturated carbocycles. The summed E-state index contributed by atoms with van der Waals surface area (Å²) in [5.41, 5.74) is 3.01. The second-order valence-electron chi connectivity index (χ2n) is 8.58. The van der Waals surface area contributed by atoms with Gasteiger partial charge in [-0.15, -0.1) is 0 Å². The summed E-state index contributed by atoms with van der Waals surface area (Å²) >= 11 is 0. The monoisotopic (exact) mass is 449 g/mol. The number of aromatic hydroxyl groups is 1. The van der Waals surface area contributed by atoms with Gasteiger partial charge in [0.25, 0.3) is 5.91 Å². The molecule has 170 valence electrons. The Hall–Kier alpha value is -3.79. The SMILES string of the molecule is Cc1cn2cc(NC(=O)c3ccc(N4C[C@@H](C)N[C@H](C)C4)c4ncc(O)nc34)cc(F)c2n1. The lowest BCUT2D eigenvalue weighted by Gasteiger charge is -2.38. The topological polar surface area (TPSA) is 108 Å². The van der Waals surface area contributed by atoms with Crippen LogP contribution in [0.1, 0.15) is 29.9 Å². The molecule has 10 heteroatoms. The maximum Gasteiger partial charge on any atom is 0.257 e. The number of rotatable bonds is 3. The van der Waals surface area contributed by atoms with Gasteiger partial charge in [-0.05, 0) is 32.9 Å². The van der Waals surface area contributed by atoms with E-state index in [4.69, 9.17) is 0 Å². The maximum absolute atomic E-state index is 14.4. The molecule has 1 aliphatic heterocycles. The van der Waals surface area contributed by atoms with Gasteiger partial charge in [-0.25, -0.2) is 19.3 Å². The average molecular weight is 449 g/mol. The van der Waals surface area contributed by atoms with E-state index in [9.17, 15) is 14.3 Å². The van der Waals surface area contributed by atoms with E-state index in [1.807, 2.05) is 6.07 Å². The first-order valence-corrected chi connectivity index (χ1v) is 10.7. The van der Waals surface area contributed by atoms with Crippen LogP contribution in [0.5, 0.6) is 5.88 Å². The van der Waals surface area contributed by atoms with Crippen molar-refractivity contribution >= 4 is 34.0 Å². The normalized spacial score (nSPS) is 18.7. The number of hydrogen-bond donors (Lipinski definition) is 3. The van der Waals surface area contributed by atoms with Crippen molar-refractivity contribution in [1.29, 1.82) is 0 Å². The molecule has 9 nitrogen and oxygen atoms in total. The zero-order valence-electron chi connectivity index (χ0n) is 18.5. The van der Waals surface area contributed by atoms with Gasteiger partial charge in [-0.2, -0.15) is 0 Å². The summed E-state index contributed by atoms with van der Waals surface area (Å²) in [5, 5.41) is 16.2. The molecule has 1 aliphatic rings. The summed E-state index contributed by atoms with van der Waals surface area (Å²) < 4.78 is 16.0. The first-order valence-electron chi connectivity index (χ1n) is 10.7. The number of nitrogens with one attached hydrogen (secondary N) is 2. The molecule has 1 amide bonds. The molecule has 0 spiro atoms. The van der Waals surface area contributed by atoms with Crippen LogP contribution in [0.4, 0.5) is 15.8 Å². The highest BCUT2D eigenvalue weighted by atomic mass is 19.1. The summed E-state index contributed by atoms with van der Waals surface area (Å²) in [7, 11) is 0. The number of fused-ring (bicyclic) bond motifs is 2. The van der Waals surface area contributed by atoms with E-state index < -0.39 is 11.7 Å². The Labute approximate surface area is 189 Å². The fourth-order valence-electron chi connectivity index (χ4n) is 4.48. The number of nitrogens with zero attached hydrogens (tertiary/aromatic N) is 5. The predicted octanol–water partition coefficient (Wildman–Crippen LogP) is 2.87. The van der Waals surface area contributed by atoms with E-state index in [-0.39, 0.29) is 40.4 Å². The molecule has 3 aromatic heterocycles. The Morgan fingerprint density at radius 2 is 1.94 bits per heavy atom. The minimum atomic E-state index is -0.541. The third-order valence-electron chi connectivity index (χ3n) is 5.69. The molecule has 4 heterocycles. The first-order chi connectivity index (χ1) is 15.8. The number of pyridine rings is 1. The number of piperazine rings is 1. The van der Waals surface area contributed by atoms with Crippen LogP contribution in [-0.4, -0.2) is 55.5 Å². The van der Waals surface area contributed by atoms with Gasteiger partial charge in [-0.3, -0.25) is 4.79 Å². The number of imidazole rings is 1. The van der Waals surface area contributed by atoms with Gasteiger partial charge >= 0.3 is 0 Å². The maximum atomic E-state index is 14.4. The smallest absolute Gasteiger partial charge is 0.257 e. The van der Waals surface area contributed by atoms with Crippen molar-refractivity contribution in [2.24, 2.45) is 0 Å². The molecule has 3 N–H and O–H groups in total.